The van der Waals surface area contributed by atoms with Crippen LogP contribution in [0.3, 0.4) is 0 Å². The third-order valence-corrected chi connectivity index (χ3v) is 5.16. The van der Waals surface area contributed by atoms with E-state index in [4.69, 9.17) is 0 Å². The Morgan fingerprint density at radius 1 is 1.35 bits per heavy atom. The first-order valence-corrected chi connectivity index (χ1v) is 8.28. The van der Waals surface area contributed by atoms with E-state index in [1.807, 2.05) is 20.8 Å². The van der Waals surface area contributed by atoms with Gasteiger partial charge in [-0.15, -0.1) is 0 Å². The molecule has 0 heterocycles. The molecule has 1 aliphatic carbocycles. The second-order valence-corrected chi connectivity index (χ2v) is 7.17. The molecule has 102 valence electrons. The van der Waals surface area contributed by atoms with Gasteiger partial charge in [-0.25, -0.2) is 8.42 Å². The van der Waals surface area contributed by atoms with Crippen molar-refractivity contribution in [2.45, 2.75) is 46.1 Å². The Kier molecular flexibility index (Phi) is 5.89. The van der Waals surface area contributed by atoms with Gasteiger partial charge < -0.3 is 5.32 Å². The number of rotatable bonds is 9. The van der Waals surface area contributed by atoms with Crippen LogP contribution in [-0.4, -0.2) is 44.2 Å². The van der Waals surface area contributed by atoms with Crippen molar-refractivity contribution in [2.24, 2.45) is 5.92 Å². The van der Waals surface area contributed by atoms with Gasteiger partial charge in [-0.2, -0.15) is 4.31 Å². The molecule has 0 aromatic rings. The van der Waals surface area contributed by atoms with E-state index in [-0.39, 0.29) is 11.8 Å². The predicted octanol–water partition coefficient (Wildman–Crippen LogP) is 1.44. The van der Waals surface area contributed by atoms with E-state index < -0.39 is 10.0 Å². The Bertz CT molecular complexity index is 310. The van der Waals surface area contributed by atoms with Crippen LogP contribution < -0.4 is 5.32 Å². The first kappa shape index (κ1) is 14.9. The zero-order chi connectivity index (χ0) is 12.9. The molecule has 1 aliphatic rings. The summed E-state index contributed by atoms with van der Waals surface area (Å²) in [6.45, 7) is 8.36. The Morgan fingerprint density at radius 3 is 2.47 bits per heavy atom. The van der Waals surface area contributed by atoms with E-state index in [9.17, 15) is 8.42 Å². The van der Waals surface area contributed by atoms with Gasteiger partial charge in [0, 0.05) is 12.6 Å². The minimum absolute atomic E-state index is 0.0831. The maximum Gasteiger partial charge on any atom is 0.214 e. The van der Waals surface area contributed by atoms with Crippen molar-refractivity contribution in [1.29, 1.82) is 0 Å². The zero-order valence-corrected chi connectivity index (χ0v) is 12.1. The molecule has 1 N–H and O–H groups in total. The van der Waals surface area contributed by atoms with Crippen molar-refractivity contribution in [3.05, 3.63) is 0 Å². The van der Waals surface area contributed by atoms with Crippen LogP contribution in [0.25, 0.3) is 0 Å². The molecule has 0 aliphatic heterocycles. The lowest BCUT2D eigenvalue weighted by molar-refractivity contribution is 0.341. The standard InChI is InChI=1S/C12H26N2O2S/c1-4-13-8-5-9-17(15,16)14(11(2)3)10-12-6-7-12/h11-13H,4-10H2,1-3H3. The molecular formula is C12H26N2O2S. The Balaban J connectivity index is 2.45. The Morgan fingerprint density at radius 2 is 2.00 bits per heavy atom. The average Bonchev–Trinajstić information content (AvgIpc) is 3.04. The van der Waals surface area contributed by atoms with Crippen molar-refractivity contribution in [1.82, 2.24) is 9.62 Å². The monoisotopic (exact) mass is 262 g/mol. The molecule has 1 saturated carbocycles. The highest BCUT2D eigenvalue weighted by Crippen LogP contribution is 2.31. The third-order valence-electron chi connectivity index (χ3n) is 3.07. The van der Waals surface area contributed by atoms with Crippen molar-refractivity contribution >= 4 is 10.0 Å². The highest BCUT2D eigenvalue weighted by molar-refractivity contribution is 7.89. The number of hydrogen-bond donors (Lipinski definition) is 1. The number of nitrogens with zero attached hydrogens (tertiary/aromatic N) is 1. The average molecular weight is 262 g/mol. The van der Waals surface area contributed by atoms with Gasteiger partial charge in [0.25, 0.3) is 0 Å². The van der Waals surface area contributed by atoms with Crippen LogP contribution in [0.1, 0.15) is 40.0 Å². The van der Waals surface area contributed by atoms with Crippen molar-refractivity contribution in [2.75, 3.05) is 25.4 Å². The van der Waals surface area contributed by atoms with Crippen LogP contribution in [0.15, 0.2) is 0 Å². The summed E-state index contributed by atoms with van der Waals surface area (Å²) in [6.07, 6.45) is 3.08. The topological polar surface area (TPSA) is 49.4 Å². The van der Waals surface area contributed by atoms with Gasteiger partial charge in [-0.1, -0.05) is 6.92 Å². The van der Waals surface area contributed by atoms with Crippen LogP contribution in [0.4, 0.5) is 0 Å². The number of nitrogens with one attached hydrogen (secondary N) is 1. The van der Waals surface area contributed by atoms with E-state index >= 15 is 0 Å². The molecule has 1 fully saturated rings. The highest BCUT2D eigenvalue weighted by Gasteiger charge is 2.31. The third kappa shape index (κ3) is 5.36. The second-order valence-electron chi connectivity index (χ2n) is 5.13. The second kappa shape index (κ2) is 6.71. The van der Waals surface area contributed by atoms with Crippen molar-refractivity contribution in [3.63, 3.8) is 0 Å². The summed E-state index contributed by atoms with van der Waals surface area (Å²) >= 11 is 0. The van der Waals surface area contributed by atoms with Gasteiger partial charge in [0.05, 0.1) is 5.75 Å². The summed E-state index contributed by atoms with van der Waals surface area (Å²) in [7, 11) is -3.06. The molecular weight excluding hydrogens is 236 g/mol. The highest BCUT2D eigenvalue weighted by atomic mass is 32.2. The predicted molar refractivity (Wildman–Crippen MR) is 71.5 cm³/mol. The lowest BCUT2D eigenvalue weighted by atomic mass is 10.3. The summed E-state index contributed by atoms with van der Waals surface area (Å²) in [5.74, 6) is 0.881. The molecule has 5 heteroatoms. The number of hydrogen-bond acceptors (Lipinski definition) is 3. The summed E-state index contributed by atoms with van der Waals surface area (Å²) in [5.41, 5.74) is 0. The van der Waals surface area contributed by atoms with Crippen molar-refractivity contribution in [3.8, 4) is 0 Å². The van der Waals surface area contributed by atoms with Crippen molar-refractivity contribution < 1.29 is 8.42 Å². The molecule has 0 spiro atoms. The SMILES string of the molecule is CCNCCCS(=O)(=O)N(CC1CC1)C(C)C. The normalized spacial score (nSPS) is 17.0. The van der Waals surface area contributed by atoms with Gasteiger partial charge in [0.15, 0.2) is 0 Å². The quantitative estimate of drug-likeness (QED) is 0.640. The van der Waals surface area contributed by atoms with Gasteiger partial charge in [-0.05, 0) is 52.1 Å². The van der Waals surface area contributed by atoms with Gasteiger partial charge in [0.2, 0.25) is 10.0 Å². The Labute approximate surface area is 106 Å². The number of sulfonamides is 1. The van der Waals surface area contributed by atoms with Crippen LogP contribution in [-0.2, 0) is 10.0 Å². The van der Waals surface area contributed by atoms with E-state index in [1.54, 1.807) is 4.31 Å². The summed E-state index contributed by atoms with van der Waals surface area (Å²) in [6, 6.07) is 0.0831. The molecule has 0 aromatic heterocycles. The molecule has 0 amide bonds. The van der Waals surface area contributed by atoms with E-state index in [1.165, 1.54) is 12.8 Å². The fraction of sp³-hybridized carbons (Fsp3) is 1.00. The molecule has 17 heavy (non-hydrogen) atoms. The molecule has 0 unspecified atom stereocenters. The van der Waals surface area contributed by atoms with Crippen LogP contribution in [0, 0.1) is 5.92 Å². The van der Waals surface area contributed by atoms with Gasteiger partial charge >= 0.3 is 0 Å². The van der Waals surface area contributed by atoms with Crippen LogP contribution in [0.5, 0.6) is 0 Å². The molecule has 4 nitrogen and oxygen atoms in total. The first-order valence-electron chi connectivity index (χ1n) is 6.67. The lowest BCUT2D eigenvalue weighted by Crippen LogP contribution is -2.40. The zero-order valence-electron chi connectivity index (χ0n) is 11.3. The van der Waals surface area contributed by atoms with E-state index in [0.29, 0.717) is 12.3 Å². The fourth-order valence-electron chi connectivity index (χ4n) is 1.87. The van der Waals surface area contributed by atoms with E-state index in [0.717, 1.165) is 19.6 Å². The summed E-state index contributed by atoms with van der Waals surface area (Å²) in [5, 5.41) is 3.16. The van der Waals surface area contributed by atoms with Gasteiger partial charge in [0.1, 0.15) is 0 Å². The smallest absolute Gasteiger partial charge is 0.214 e. The Hall–Kier alpha value is -0.130. The molecule has 1 rings (SSSR count). The largest absolute Gasteiger partial charge is 0.317 e. The van der Waals surface area contributed by atoms with E-state index in [2.05, 4.69) is 5.32 Å². The molecule has 0 radical (unpaired) electrons. The molecule has 0 bridgehead atoms. The maximum absolute atomic E-state index is 12.2. The lowest BCUT2D eigenvalue weighted by Gasteiger charge is -2.25. The van der Waals surface area contributed by atoms with Gasteiger partial charge in [-0.3, -0.25) is 0 Å². The summed E-state index contributed by atoms with van der Waals surface area (Å²) in [4.78, 5) is 0. The van der Waals surface area contributed by atoms with Crippen LogP contribution >= 0.6 is 0 Å². The minimum Gasteiger partial charge on any atom is -0.317 e. The summed E-state index contributed by atoms with van der Waals surface area (Å²) < 4.78 is 26.1. The molecule has 0 atom stereocenters. The fourth-order valence-corrected chi connectivity index (χ4v) is 3.70. The molecule has 0 saturated heterocycles. The minimum atomic E-state index is -3.06. The molecule has 0 aromatic carbocycles. The van der Waals surface area contributed by atoms with Crippen LogP contribution in [0.2, 0.25) is 0 Å². The maximum atomic E-state index is 12.2. The first-order chi connectivity index (χ1) is 7.97.